The molecule has 0 N–H and O–H groups in total. The van der Waals surface area contributed by atoms with Crippen LogP contribution in [-0.2, 0) is 0 Å². The predicted octanol–water partition coefficient (Wildman–Crippen LogP) is 4.58. The lowest BCUT2D eigenvalue weighted by Crippen LogP contribution is -1.62. The molecular weight excluding hydrogens is 132 g/mol. The maximum absolute atomic E-state index is 2.12. The van der Waals surface area contributed by atoms with Gasteiger partial charge in [-0.25, -0.2) is 0 Å². The van der Waals surface area contributed by atoms with Gasteiger partial charge >= 0.3 is 0 Å². The van der Waals surface area contributed by atoms with Crippen molar-refractivity contribution in [3.63, 3.8) is 0 Å². The third-order valence-electron chi connectivity index (χ3n) is 0.750. The van der Waals surface area contributed by atoms with Crippen LogP contribution in [0.5, 0.6) is 0 Å². The van der Waals surface area contributed by atoms with E-state index in [-0.39, 0.29) is 7.43 Å². The third kappa shape index (κ3) is 26.4. The minimum Gasteiger partial charge on any atom is -0.0776 e. The zero-order valence-electron chi connectivity index (χ0n) is 8.15. The van der Waals surface area contributed by atoms with E-state index in [1.54, 1.807) is 0 Å². The Labute approximate surface area is 73.0 Å². The molecule has 0 aromatic rings. The molecule has 0 aromatic heterocycles. The van der Waals surface area contributed by atoms with Gasteiger partial charge in [0.15, 0.2) is 0 Å². The zero-order chi connectivity index (χ0) is 8.57. The molecule has 11 heavy (non-hydrogen) atoms. The monoisotopic (exact) mass is 156 g/mol. The number of hydrogen-bond donors (Lipinski definition) is 0. The Hall–Kier alpha value is -0.520. The standard InChI is InChI=1S/C8H14.C2H6.CH4/c1-7(2)5-6-8(3)4;1-2;/h5-6H,1-4H3;1-2H3;1H4. The van der Waals surface area contributed by atoms with Crippen molar-refractivity contribution in [3.8, 4) is 0 Å². The summed E-state index contributed by atoms with van der Waals surface area (Å²) in [5.41, 5.74) is 2.71. The number of rotatable bonds is 1. The van der Waals surface area contributed by atoms with E-state index in [9.17, 15) is 0 Å². The van der Waals surface area contributed by atoms with E-state index in [2.05, 4.69) is 39.8 Å². The molecule has 0 aromatic carbocycles. The lowest BCUT2D eigenvalue weighted by Gasteiger charge is -1.84. The van der Waals surface area contributed by atoms with Gasteiger partial charge in [-0.05, 0) is 27.7 Å². The topological polar surface area (TPSA) is 0 Å². The molecule has 0 aliphatic carbocycles. The molecule has 0 saturated carbocycles. The maximum Gasteiger partial charge on any atom is -0.0439 e. The van der Waals surface area contributed by atoms with Crippen molar-refractivity contribution in [1.82, 2.24) is 0 Å². The highest BCUT2D eigenvalue weighted by atomic mass is 13.8. The van der Waals surface area contributed by atoms with Crippen LogP contribution in [0.2, 0.25) is 0 Å². The second-order valence-corrected chi connectivity index (χ2v) is 2.49. The summed E-state index contributed by atoms with van der Waals surface area (Å²) >= 11 is 0. The molecule has 0 saturated heterocycles. The molecule has 0 radical (unpaired) electrons. The van der Waals surface area contributed by atoms with Crippen LogP contribution in [0.25, 0.3) is 0 Å². The number of hydrogen-bond acceptors (Lipinski definition) is 0. The SMILES string of the molecule is C.CC.CC(C)=CC=C(C)C. The van der Waals surface area contributed by atoms with Gasteiger partial charge in [0.2, 0.25) is 0 Å². The van der Waals surface area contributed by atoms with Gasteiger partial charge in [-0.15, -0.1) is 0 Å². The van der Waals surface area contributed by atoms with Gasteiger partial charge in [0, 0.05) is 0 Å². The molecular formula is C11H24. The number of allylic oxidation sites excluding steroid dienone is 4. The molecule has 0 nitrogen and oxygen atoms in total. The first-order valence-corrected chi connectivity index (χ1v) is 3.91. The van der Waals surface area contributed by atoms with Crippen molar-refractivity contribution < 1.29 is 0 Å². The Kier molecular flexibility index (Phi) is 18.6. The summed E-state index contributed by atoms with van der Waals surface area (Å²) in [5, 5.41) is 0. The Morgan fingerprint density at radius 1 is 0.727 bits per heavy atom. The van der Waals surface area contributed by atoms with Gasteiger partial charge in [0.05, 0.1) is 0 Å². The van der Waals surface area contributed by atoms with Crippen LogP contribution in [0.15, 0.2) is 23.3 Å². The third-order valence-corrected chi connectivity index (χ3v) is 0.750. The molecule has 0 aliphatic rings. The quantitative estimate of drug-likeness (QED) is 0.487. The normalized spacial score (nSPS) is 6.36. The molecule has 0 unspecified atom stereocenters. The smallest absolute Gasteiger partial charge is 0.0439 e. The van der Waals surface area contributed by atoms with E-state index in [1.807, 2.05) is 13.8 Å². The van der Waals surface area contributed by atoms with E-state index >= 15 is 0 Å². The Morgan fingerprint density at radius 3 is 1.00 bits per heavy atom. The van der Waals surface area contributed by atoms with Crippen LogP contribution in [0.4, 0.5) is 0 Å². The molecule has 0 atom stereocenters. The fourth-order valence-electron chi connectivity index (χ4n) is 0.333. The highest BCUT2D eigenvalue weighted by molar-refractivity contribution is 5.12. The minimum absolute atomic E-state index is 0. The zero-order valence-corrected chi connectivity index (χ0v) is 8.15. The minimum atomic E-state index is 0. The predicted molar refractivity (Wildman–Crippen MR) is 56.9 cm³/mol. The first-order valence-electron chi connectivity index (χ1n) is 3.91. The van der Waals surface area contributed by atoms with Gasteiger partial charge < -0.3 is 0 Å². The molecule has 0 amide bonds. The van der Waals surface area contributed by atoms with E-state index in [0.717, 1.165) is 0 Å². The second-order valence-electron chi connectivity index (χ2n) is 2.49. The van der Waals surface area contributed by atoms with Crippen molar-refractivity contribution in [3.05, 3.63) is 23.3 Å². The van der Waals surface area contributed by atoms with E-state index in [4.69, 9.17) is 0 Å². The summed E-state index contributed by atoms with van der Waals surface area (Å²) in [6, 6.07) is 0. The van der Waals surface area contributed by atoms with Crippen molar-refractivity contribution in [1.29, 1.82) is 0 Å². The van der Waals surface area contributed by atoms with Gasteiger partial charge in [0.1, 0.15) is 0 Å². The van der Waals surface area contributed by atoms with Crippen LogP contribution in [0.3, 0.4) is 0 Å². The van der Waals surface area contributed by atoms with Gasteiger partial charge in [-0.2, -0.15) is 0 Å². The Bertz CT molecular complexity index is 92.0. The fraction of sp³-hybridized carbons (Fsp3) is 0.636. The summed E-state index contributed by atoms with van der Waals surface area (Å²) in [4.78, 5) is 0. The van der Waals surface area contributed by atoms with Gasteiger partial charge in [-0.3, -0.25) is 0 Å². The summed E-state index contributed by atoms with van der Waals surface area (Å²) in [5.74, 6) is 0. The summed E-state index contributed by atoms with van der Waals surface area (Å²) < 4.78 is 0. The summed E-state index contributed by atoms with van der Waals surface area (Å²) in [7, 11) is 0. The van der Waals surface area contributed by atoms with Crippen LogP contribution in [0.1, 0.15) is 49.0 Å². The first kappa shape index (κ1) is 16.8. The molecule has 68 valence electrons. The highest BCUT2D eigenvalue weighted by Crippen LogP contribution is 1.93. The summed E-state index contributed by atoms with van der Waals surface area (Å²) in [6.07, 6.45) is 4.24. The van der Waals surface area contributed by atoms with Crippen molar-refractivity contribution in [2.75, 3.05) is 0 Å². The molecule has 0 aliphatic heterocycles. The first-order chi connectivity index (χ1) is 4.63. The molecule has 0 rings (SSSR count). The van der Waals surface area contributed by atoms with E-state index in [1.165, 1.54) is 11.1 Å². The average molecular weight is 156 g/mol. The van der Waals surface area contributed by atoms with Crippen LogP contribution in [-0.4, -0.2) is 0 Å². The molecule has 0 bridgehead atoms. The van der Waals surface area contributed by atoms with Crippen molar-refractivity contribution >= 4 is 0 Å². The van der Waals surface area contributed by atoms with E-state index < -0.39 is 0 Å². The highest BCUT2D eigenvalue weighted by Gasteiger charge is 1.71. The van der Waals surface area contributed by atoms with Crippen molar-refractivity contribution in [2.45, 2.75) is 49.0 Å². The molecule has 0 heteroatoms. The molecule has 0 fully saturated rings. The fourth-order valence-corrected chi connectivity index (χ4v) is 0.333. The van der Waals surface area contributed by atoms with Crippen molar-refractivity contribution in [2.24, 2.45) is 0 Å². The van der Waals surface area contributed by atoms with Gasteiger partial charge in [0.25, 0.3) is 0 Å². The van der Waals surface area contributed by atoms with E-state index in [0.29, 0.717) is 0 Å². The molecule has 0 heterocycles. The maximum atomic E-state index is 2.12. The Morgan fingerprint density at radius 2 is 0.909 bits per heavy atom. The van der Waals surface area contributed by atoms with Crippen LogP contribution >= 0.6 is 0 Å². The molecule has 0 spiro atoms. The Balaban J connectivity index is -0.000000196. The summed E-state index contributed by atoms with van der Waals surface area (Å²) in [6.45, 7) is 12.4. The van der Waals surface area contributed by atoms with Crippen LogP contribution in [0, 0.1) is 0 Å². The van der Waals surface area contributed by atoms with Crippen LogP contribution < -0.4 is 0 Å². The lowest BCUT2D eigenvalue weighted by atomic mass is 10.2. The van der Waals surface area contributed by atoms with Gasteiger partial charge in [-0.1, -0.05) is 44.6 Å². The largest absolute Gasteiger partial charge is 0.0776 e. The lowest BCUT2D eigenvalue weighted by molar-refractivity contribution is 1.35. The average Bonchev–Trinajstić information content (AvgIpc) is 1.89. The second kappa shape index (κ2) is 12.2.